The molecule has 1 heterocycles. The highest BCUT2D eigenvalue weighted by Crippen LogP contribution is 2.27. The van der Waals surface area contributed by atoms with E-state index in [2.05, 4.69) is 34.2 Å². The number of hydrogen-bond donors (Lipinski definition) is 1. The lowest BCUT2D eigenvalue weighted by Gasteiger charge is -2.41. The molecule has 0 bridgehead atoms. The lowest BCUT2D eigenvalue weighted by molar-refractivity contribution is 0.191. The molecule has 1 unspecified atom stereocenters. The Morgan fingerprint density at radius 3 is 2.78 bits per heavy atom. The Morgan fingerprint density at radius 1 is 1.33 bits per heavy atom. The summed E-state index contributed by atoms with van der Waals surface area (Å²) < 4.78 is 0. The van der Waals surface area contributed by atoms with Gasteiger partial charge in [-0.15, -0.1) is 0 Å². The van der Waals surface area contributed by atoms with E-state index in [4.69, 9.17) is 11.6 Å². The lowest BCUT2D eigenvalue weighted by Crippen LogP contribution is -2.53. The Morgan fingerprint density at radius 2 is 2.11 bits per heavy atom. The molecular formula is C14H22ClN3. The first-order chi connectivity index (χ1) is 8.72. The van der Waals surface area contributed by atoms with Gasteiger partial charge in [-0.05, 0) is 26.1 Å². The van der Waals surface area contributed by atoms with Gasteiger partial charge < -0.3 is 10.2 Å². The van der Waals surface area contributed by atoms with Crippen LogP contribution in [-0.4, -0.2) is 50.7 Å². The molecule has 1 saturated heterocycles. The van der Waals surface area contributed by atoms with Crippen molar-refractivity contribution in [2.45, 2.75) is 13.0 Å². The maximum absolute atomic E-state index is 6.26. The number of nitrogens with zero attached hydrogens (tertiary/aromatic N) is 2. The Labute approximate surface area is 115 Å². The van der Waals surface area contributed by atoms with Crippen molar-refractivity contribution < 1.29 is 0 Å². The quantitative estimate of drug-likeness (QED) is 0.901. The van der Waals surface area contributed by atoms with Crippen LogP contribution in [0, 0.1) is 0 Å². The number of benzene rings is 1. The second-order valence-electron chi connectivity index (χ2n) is 4.89. The highest BCUT2D eigenvalue weighted by Gasteiger charge is 2.24. The van der Waals surface area contributed by atoms with Crippen LogP contribution in [0.1, 0.15) is 6.92 Å². The minimum absolute atomic E-state index is 0.573. The minimum Gasteiger partial charge on any atom is -0.367 e. The molecule has 4 heteroatoms. The Kier molecular flexibility index (Phi) is 4.87. The van der Waals surface area contributed by atoms with E-state index in [1.807, 2.05) is 19.2 Å². The molecule has 0 spiro atoms. The van der Waals surface area contributed by atoms with Crippen LogP contribution in [0.5, 0.6) is 0 Å². The van der Waals surface area contributed by atoms with Crippen molar-refractivity contribution in [2.75, 3.05) is 44.7 Å². The van der Waals surface area contributed by atoms with Crippen LogP contribution in [0.3, 0.4) is 0 Å². The Hall–Kier alpha value is -0.770. The number of rotatable bonds is 4. The maximum atomic E-state index is 6.26. The summed E-state index contributed by atoms with van der Waals surface area (Å²) in [6, 6.07) is 8.69. The highest BCUT2D eigenvalue weighted by molar-refractivity contribution is 6.33. The van der Waals surface area contributed by atoms with Crippen molar-refractivity contribution in [1.29, 1.82) is 0 Å². The lowest BCUT2D eigenvalue weighted by atomic mass is 10.1. The second-order valence-corrected chi connectivity index (χ2v) is 5.29. The van der Waals surface area contributed by atoms with Gasteiger partial charge >= 0.3 is 0 Å². The number of hydrogen-bond acceptors (Lipinski definition) is 3. The highest BCUT2D eigenvalue weighted by atomic mass is 35.5. The largest absolute Gasteiger partial charge is 0.367 e. The van der Waals surface area contributed by atoms with Crippen LogP contribution in [0.25, 0.3) is 0 Å². The van der Waals surface area contributed by atoms with Gasteiger partial charge in [0, 0.05) is 38.8 Å². The number of piperazine rings is 1. The van der Waals surface area contributed by atoms with Gasteiger partial charge in [0.15, 0.2) is 0 Å². The molecule has 1 aliphatic heterocycles. The van der Waals surface area contributed by atoms with Gasteiger partial charge in [-0.1, -0.05) is 23.7 Å². The van der Waals surface area contributed by atoms with E-state index in [1.54, 1.807) is 0 Å². The number of para-hydroxylation sites is 1. The van der Waals surface area contributed by atoms with Crippen molar-refractivity contribution in [3.8, 4) is 0 Å². The van der Waals surface area contributed by atoms with Gasteiger partial charge in [0.25, 0.3) is 0 Å². The summed E-state index contributed by atoms with van der Waals surface area (Å²) in [4.78, 5) is 4.92. The number of likely N-dealkylation sites (N-methyl/N-ethyl adjacent to an activating group) is 1. The maximum Gasteiger partial charge on any atom is 0.0639 e. The zero-order valence-corrected chi connectivity index (χ0v) is 12.0. The van der Waals surface area contributed by atoms with Crippen LogP contribution >= 0.6 is 11.6 Å². The van der Waals surface area contributed by atoms with Crippen LogP contribution < -0.4 is 10.2 Å². The van der Waals surface area contributed by atoms with Crippen LogP contribution in [0.4, 0.5) is 5.69 Å². The average Bonchev–Trinajstić information content (AvgIpc) is 2.38. The first-order valence-electron chi connectivity index (χ1n) is 6.60. The predicted molar refractivity (Wildman–Crippen MR) is 78.6 cm³/mol. The van der Waals surface area contributed by atoms with E-state index >= 15 is 0 Å². The fourth-order valence-corrected chi connectivity index (χ4v) is 2.77. The summed E-state index contributed by atoms with van der Waals surface area (Å²) in [5.41, 5.74) is 1.17. The Balaban J connectivity index is 1.98. The summed E-state index contributed by atoms with van der Waals surface area (Å²) in [6.45, 7) is 7.67. The molecule has 1 atom stereocenters. The van der Waals surface area contributed by atoms with Gasteiger partial charge in [-0.25, -0.2) is 0 Å². The molecule has 1 aromatic rings. The number of halogens is 1. The normalized spacial score (nSPS) is 21.3. The van der Waals surface area contributed by atoms with Crippen molar-refractivity contribution in [3.05, 3.63) is 29.3 Å². The minimum atomic E-state index is 0.573. The molecule has 1 N–H and O–H groups in total. The third kappa shape index (κ3) is 3.16. The number of nitrogens with one attached hydrogen (secondary N) is 1. The molecule has 3 nitrogen and oxygen atoms in total. The molecule has 0 amide bonds. The SMILES string of the molecule is CNCCN1CCN(c2ccccc2Cl)CC1C. The third-order valence-corrected chi connectivity index (χ3v) is 3.93. The summed E-state index contributed by atoms with van der Waals surface area (Å²) in [7, 11) is 2.00. The molecule has 100 valence electrons. The monoisotopic (exact) mass is 267 g/mol. The van der Waals surface area contributed by atoms with Crippen molar-refractivity contribution in [1.82, 2.24) is 10.2 Å². The summed E-state index contributed by atoms with van der Waals surface area (Å²) in [5, 5.41) is 4.07. The van der Waals surface area contributed by atoms with Gasteiger partial charge in [-0.2, -0.15) is 0 Å². The van der Waals surface area contributed by atoms with Gasteiger partial charge in [0.1, 0.15) is 0 Å². The van der Waals surface area contributed by atoms with Gasteiger partial charge in [-0.3, -0.25) is 4.90 Å². The molecule has 0 aliphatic carbocycles. The molecule has 1 aliphatic rings. The van der Waals surface area contributed by atoms with Gasteiger partial charge in [0.05, 0.1) is 10.7 Å². The fourth-order valence-electron chi connectivity index (χ4n) is 2.51. The summed E-state index contributed by atoms with van der Waals surface area (Å²) in [6.07, 6.45) is 0. The standard InChI is InChI=1S/C14H22ClN3/c1-12-11-18(10-9-17(12)8-7-16-2)14-6-4-3-5-13(14)15/h3-6,12,16H,7-11H2,1-2H3. The van der Waals surface area contributed by atoms with E-state index in [1.165, 1.54) is 5.69 Å². The Bertz CT molecular complexity index is 383. The van der Waals surface area contributed by atoms with Crippen LogP contribution in [0.15, 0.2) is 24.3 Å². The van der Waals surface area contributed by atoms with Crippen molar-refractivity contribution in [3.63, 3.8) is 0 Å². The molecule has 0 saturated carbocycles. The van der Waals surface area contributed by atoms with E-state index in [0.29, 0.717) is 6.04 Å². The van der Waals surface area contributed by atoms with E-state index in [0.717, 1.165) is 37.7 Å². The second kappa shape index (κ2) is 6.41. The van der Waals surface area contributed by atoms with Crippen LogP contribution in [0.2, 0.25) is 5.02 Å². The third-order valence-electron chi connectivity index (χ3n) is 3.61. The van der Waals surface area contributed by atoms with Crippen LogP contribution in [-0.2, 0) is 0 Å². The molecule has 0 aromatic heterocycles. The van der Waals surface area contributed by atoms with E-state index < -0.39 is 0 Å². The smallest absolute Gasteiger partial charge is 0.0639 e. The molecule has 18 heavy (non-hydrogen) atoms. The molecule has 1 fully saturated rings. The zero-order valence-electron chi connectivity index (χ0n) is 11.2. The average molecular weight is 268 g/mol. The summed E-state index contributed by atoms with van der Waals surface area (Å²) >= 11 is 6.26. The predicted octanol–water partition coefficient (Wildman–Crippen LogP) is 2.07. The number of anilines is 1. The fraction of sp³-hybridized carbons (Fsp3) is 0.571. The summed E-state index contributed by atoms with van der Waals surface area (Å²) in [5.74, 6) is 0. The van der Waals surface area contributed by atoms with Gasteiger partial charge in [0.2, 0.25) is 0 Å². The molecule has 1 aromatic carbocycles. The van der Waals surface area contributed by atoms with Crippen molar-refractivity contribution >= 4 is 17.3 Å². The van der Waals surface area contributed by atoms with Crippen molar-refractivity contribution in [2.24, 2.45) is 0 Å². The molecular weight excluding hydrogens is 246 g/mol. The zero-order chi connectivity index (χ0) is 13.0. The van der Waals surface area contributed by atoms with E-state index in [-0.39, 0.29) is 0 Å². The topological polar surface area (TPSA) is 18.5 Å². The molecule has 0 radical (unpaired) electrons. The first-order valence-corrected chi connectivity index (χ1v) is 6.98. The molecule has 2 rings (SSSR count). The van der Waals surface area contributed by atoms with E-state index in [9.17, 15) is 0 Å². The first kappa shape index (κ1) is 13.7.